The van der Waals surface area contributed by atoms with E-state index < -0.39 is 0 Å². The third-order valence-electron chi connectivity index (χ3n) is 3.37. The Labute approximate surface area is 123 Å². The predicted octanol–water partition coefficient (Wildman–Crippen LogP) is 5.25. The summed E-state index contributed by atoms with van der Waals surface area (Å²) in [5.41, 5.74) is 5.51. The van der Waals surface area contributed by atoms with Crippen molar-refractivity contribution in [1.29, 1.82) is 0 Å². The molecular formula is C17H15ClN2. The van der Waals surface area contributed by atoms with Crippen LogP contribution in [0, 0.1) is 13.8 Å². The van der Waals surface area contributed by atoms with E-state index in [1.807, 2.05) is 24.3 Å². The third-order valence-corrected chi connectivity index (χ3v) is 3.60. The average Bonchev–Trinajstić information content (AvgIpc) is 2.43. The fraction of sp³-hybridized carbons (Fsp3) is 0.118. The Kier molecular flexibility index (Phi) is 3.33. The molecule has 1 heterocycles. The lowest BCUT2D eigenvalue weighted by molar-refractivity contribution is 1.37. The second-order valence-corrected chi connectivity index (χ2v) is 5.40. The van der Waals surface area contributed by atoms with E-state index >= 15 is 0 Å². The van der Waals surface area contributed by atoms with Crippen LogP contribution in [-0.4, -0.2) is 4.98 Å². The zero-order valence-corrected chi connectivity index (χ0v) is 12.2. The first-order valence-corrected chi connectivity index (χ1v) is 6.90. The molecule has 0 unspecified atom stereocenters. The van der Waals surface area contributed by atoms with Gasteiger partial charge in [-0.3, -0.25) is 4.98 Å². The van der Waals surface area contributed by atoms with Crippen molar-refractivity contribution >= 4 is 33.9 Å². The minimum Gasteiger partial charge on any atom is -0.355 e. The summed E-state index contributed by atoms with van der Waals surface area (Å²) in [6, 6.07) is 14.1. The molecule has 3 rings (SSSR count). The molecule has 0 saturated heterocycles. The molecule has 1 N–H and O–H groups in total. The summed E-state index contributed by atoms with van der Waals surface area (Å²) in [6.45, 7) is 4.19. The number of nitrogens with one attached hydrogen (secondary N) is 1. The van der Waals surface area contributed by atoms with E-state index in [2.05, 4.69) is 42.3 Å². The molecule has 3 heteroatoms. The van der Waals surface area contributed by atoms with Crippen LogP contribution in [0.2, 0.25) is 5.02 Å². The molecular weight excluding hydrogens is 268 g/mol. The third kappa shape index (κ3) is 2.47. The predicted molar refractivity (Wildman–Crippen MR) is 86.0 cm³/mol. The van der Waals surface area contributed by atoms with Crippen LogP contribution in [0.3, 0.4) is 0 Å². The first-order valence-electron chi connectivity index (χ1n) is 6.52. The molecule has 0 amide bonds. The van der Waals surface area contributed by atoms with Crippen molar-refractivity contribution in [2.45, 2.75) is 13.8 Å². The maximum Gasteiger partial charge on any atom is 0.0737 e. The number of fused-ring (bicyclic) bond motifs is 1. The standard InChI is InChI=1S/C17H15ClN2/c1-11-3-4-12(2)16(9-11)20-15-7-8-19-17-10-13(18)5-6-14(15)17/h3-10H,1-2H3,(H,19,20). The minimum absolute atomic E-state index is 0.703. The van der Waals surface area contributed by atoms with Gasteiger partial charge in [-0.15, -0.1) is 0 Å². The van der Waals surface area contributed by atoms with Crippen molar-refractivity contribution in [1.82, 2.24) is 4.98 Å². The van der Waals surface area contributed by atoms with Crippen molar-refractivity contribution in [2.24, 2.45) is 0 Å². The maximum atomic E-state index is 6.02. The molecule has 1 aromatic heterocycles. The minimum atomic E-state index is 0.703. The zero-order valence-electron chi connectivity index (χ0n) is 11.4. The van der Waals surface area contributed by atoms with E-state index in [1.54, 1.807) is 6.20 Å². The number of aryl methyl sites for hydroxylation is 2. The highest BCUT2D eigenvalue weighted by Crippen LogP contribution is 2.28. The first kappa shape index (κ1) is 12.9. The lowest BCUT2D eigenvalue weighted by Gasteiger charge is -2.12. The fourth-order valence-corrected chi connectivity index (χ4v) is 2.41. The molecule has 0 bridgehead atoms. The monoisotopic (exact) mass is 282 g/mol. The van der Waals surface area contributed by atoms with Gasteiger partial charge in [0, 0.05) is 28.0 Å². The number of pyridine rings is 1. The molecule has 100 valence electrons. The van der Waals surface area contributed by atoms with Gasteiger partial charge in [-0.05, 0) is 55.3 Å². The first-order chi connectivity index (χ1) is 9.63. The molecule has 20 heavy (non-hydrogen) atoms. The largest absolute Gasteiger partial charge is 0.355 e. The molecule has 0 saturated carbocycles. The van der Waals surface area contributed by atoms with Gasteiger partial charge < -0.3 is 5.32 Å². The average molecular weight is 283 g/mol. The highest BCUT2D eigenvalue weighted by molar-refractivity contribution is 6.31. The maximum absolute atomic E-state index is 6.02. The van der Waals surface area contributed by atoms with Crippen LogP contribution in [-0.2, 0) is 0 Å². The van der Waals surface area contributed by atoms with Gasteiger partial charge in [-0.25, -0.2) is 0 Å². The Morgan fingerprint density at radius 2 is 1.80 bits per heavy atom. The summed E-state index contributed by atoms with van der Waals surface area (Å²) in [7, 11) is 0. The number of halogens is 1. The Morgan fingerprint density at radius 1 is 0.950 bits per heavy atom. The van der Waals surface area contributed by atoms with Gasteiger partial charge in [0.15, 0.2) is 0 Å². The van der Waals surface area contributed by atoms with Crippen molar-refractivity contribution in [2.75, 3.05) is 5.32 Å². The molecule has 0 spiro atoms. The Bertz CT molecular complexity index is 781. The molecule has 0 aliphatic carbocycles. The normalized spacial score (nSPS) is 10.8. The van der Waals surface area contributed by atoms with E-state index in [4.69, 9.17) is 11.6 Å². The summed E-state index contributed by atoms with van der Waals surface area (Å²) < 4.78 is 0. The topological polar surface area (TPSA) is 24.9 Å². The van der Waals surface area contributed by atoms with Gasteiger partial charge in [0.05, 0.1) is 5.52 Å². The Balaban J connectivity index is 2.09. The zero-order chi connectivity index (χ0) is 14.1. The highest BCUT2D eigenvalue weighted by atomic mass is 35.5. The van der Waals surface area contributed by atoms with E-state index in [0.717, 1.165) is 22.3 Å². The molecule has 0 aliphatic rings. The van der Waals surface area contributed by atoms with Crippen LogP contribution in [0.4, 0.5) is 11.4 Å². The molecule has 0 radical (unpaired) electrons. The lowest BCUT2D eigenvalue weighted by atomic mass is 10.1. The number of nitrogens with zero attached hydrogens (tertiary/aromatic N) is 1. The van der Waals surface area contributed by atoms with Crippen LogP contribution in [0.15, 0.2) is 48.7 Å². The van der Waals surface area contributed by atoms with Crippen LogP contribution >= 0.6 is 11.6 Å². The lowest BCUT2D eigenvalue weighted by Crippen LogP contribution is -1.95. The van der Waals surface area contributed by atoms with Gasteiger partial charge in [0.25, 0.3) is 0 Å². The van der Waals surface area contributed by atoms with Crippen molar-refractivity contribution < 1.29 is 0 Å². The smallest absolute Gasteiger partial charge is 0.0737 e. The van der Waals surface area contributed by atoms with Crippen LogP contribution in [0.5, 0.6) is 0 Å². The Morgan fingerprint density at radius 3 is 2.65 bits per heavy atom. The van der Waals surface area contributed by atoms with Crippen molar-refractivity contribution in [3.05, 3.63) is 64.8 Å². The van der Waals surface area contributed by atoms with E-state index in [-0.39, 0.29) is 0 Å². The molecule has 3 aromatic rings. The number of benzene rings is 2. The summed E-state index contributed by atoms with van der Waals surface area (Å²) in [5.74, 6) is 0. The number of hydrogen-bond acceptors (Lipinski definition) is 2. The van der Waals surface area contributed by atoms with E-state index in [1.165, 1.54) is 11.1 Å². The van der Waals surface area contributed by atoms with Gasteiger partial charge in [0.1, 0.15) is 0 Å². The van der Waals surface area contributed by atoms with E-state index in [9.17, 15) is 0 Å². The van der Waals surface area contributed by atoms with Crippen molar-refractivity contribution in [3.63, 3.8) is 0 Å². The molecule has 2 aromatic carbocycles. The molecule has 2 nitrogen and oxygen atoms in total. The number of aromatic nitrogens is 1. The summed E-state index contributed by atoms with van der Waals surface area (Å²) in [5, 5.41) is 5.26. The van der Waals surface area contributed by atoms with Gasteiger partial charge in [0.2, 0.25) is 0 Å². The van der Waals surface area contributed by atoms with Gasteiger partial charge in [-0.1, -0.05) is 23.7 Å². The molecule has 0 atom stereocenters. The van der Waals surface area contributed by atoms with Crippen LogP contribution in [0.25, 0.3) is 10.9 Å². The number of hydrogen-bond donors (Lipinski definition) is 1. The summed E-state index contributed by atoms with van der Waals surface area (Å²) >= 11 is 6.02. The Hall–Kier alpha value is -2.06. The number of anilines is 2. The second-order valence-electron chi connectivity index (χ2n) is 4.96. The summed E-state index contributed by atoms with van der Waals surface area (Å²) in [4.78, 5) is 4.36. The number of rotatable bonds is 2. The second kappa shape index (κ2) is 5.14. The highest BCUT2D eigenvalue weighted by Gasteiger charge is 2.05. The van der Waals surface area contributed by atoms with Crippen molar-refractivity contribution in [3.8, 4) is 0 Å². The van der Waals surface area contributed by atoms with Gasteiger partial charge >= 0.3 is 0 Å². The quantitative estimate of drug-likeness (QED) is 0.694. The molecule has 0 aliphatic heterocycles. The molecule has 0 fully saturated rings. The SMILES string of the molecule is Cc1ccc(C)c(Nc2ccnc3cc(Cl)ccc23)c1. The fourth-order valence-electron chi connectivity index (χ4n) is 2.25. The van der Waals surface area contributed by atoms with Crippen LogP contribution < -0.4 is 5.32 Å². The van der Waals surface area contributed by atoms with Gasteiger partial charge in [-0.2, -0.15) is 0 Å². The van der Waals surface area contributed by atoms with Crippen LogP contribution in [0.1, 0.15) is 11.1 Å². The van der Waals surface area contributed by atoms with E-state index in [0.29, 0.717) is 5.02 Å². The summed E-state index contributed by atoms with van der Waals surface area (Å²) in [6.07, 6.45) is 1.80.